The molecule has 0 aliphatic heterocycles. The minimum atomic E-state index is -0.331. The number of hydrogen-bond donors (Lipinski definition) is 1. The average molecular weight is 507 g/mol. The predicted molar refractivity (Wildman–Crippen MR) is 148 cm³/mol. The Labute approximate surface area is 219 Å². The lowest BCUT2D eigenvalue weighted by atomic mass is 10.2. The highest BCUT2D eigenvalue weighted by Crippen LogP contribution is 2.28. The van der Waals surface area contributed by atoms with Crippen LogP contribution < -0.4 is 20.5 Å². The SMILES string of the molecule is C=CC(=O)Nc1cccc(-n2c(=O)n(-c3ccc(Oc4cccc(OC(C)C)c4)cc3)c3cnccc32)c1. The van der Waals surface area contributed by atoms with Crippen molar-refractivity contribution in [2.24, 2.45) is 0 Å². The first-order valence-electron chi connectivity index (χ1n) is 12.1. The molecule has 1 N–H and O–H groups in total. The maximum atomic E-state index is 13.7. The van der Waals surface area contributed by atoms with Crippen LogP contribution >= 0.6 is 0 Å². The maximum Gasteiger partial charge on any atom is 0.338 e. The number of ether oxygens (including phenoxy) is 2. The minimum Gasteiger partial charge on any atom is -0.491 e. The molecule has 0 aliphatic carbocycles. The van der Waals surface area contributed by atoms with Crippen LogP contribution in [0.5, 0.6) is 17.2 Å². The van der Waals surface area contributed by atoms with Gasteiger partial charge in [-0.25, -0.2) is 4.79 Å². The number of nitrogens with zero attached hydrogens (tertiary/aromatic N) is 3. The molecule has 0 saturated heterocycles. The summed E-state index contributed by atoms with van der Waals surface area (Å²) in [6, 6.07) is 23.6. The van der Waals surface area contributed by atoms with Gasteiger partial charge in [0.2, 0.25) is 5.91 Å². The lowest BCUT2D eigenvalue weighted by molar-refractivity contribution is -0.111. The molecule has 8 nitrogen and oxygen atoms in total. The highest BCUT2D eigenvalue weighted by atomic mass is 16.5. The van der Waals surface area contributed by atoms with Gasteiger partial charge < -0.3 is 14.8 Å². The standard InChI is InChI=1S/C30H26N4O4/c1-4-29(35)32-21-7-5-8-23(17-21)34-27-15-16-31-19-28(27)33(30(34)36)22-11-13-24(14-12-22)38-26-10-6-9-25(18-26)37-20(2)3/h4-20H,1H2,2-3H3,(H,32,35). The quantitative estimate of drug-likeness (QED) is 0.266. The van der Waals surface area contributed by atoms with Crippen molar-refractivity contribution < 1.29 is 14.3 Å². The second-order valence-electron chi connectivity index (χ2n) is 8.80. The monoisotopic (exact) mass is 506 g/mol. The number of imidazole rings is 1. The highest BCUT2D eigenvalue weighted by molar-refractivity contribution is 5.99. The van der Waals surface area contributed by atoms with Gasteiger partial charge in [-0.3, -0.25) is 18.9 Å². The van der Waals surface area contributed by atoms with Crippen LogP contribution in [0.2, 0.25) is 0 Å². The molecule has 0 aliphatic rings. The normalized spacial score (nSPS) is 10.9. The number of hydrogen-bond acceptors (Lipinski definition) is 5. The van der Waals surface area contributed by atoms with Crippen LogP contribution in [0.4, 0.5) is 5.69 Å². The molecule has 2 heterocycles. The van der Waals surface area contributed by atoms with Gasteiger partial charge in [-0.1, -0.05) is 18.7 Å². The van der Waals surface area contributed by atoms with Crippen LogP contribution in [0.1, 0.15) is 13.8 Å². The summed E-state index contributed by atoms with van der Waals surface area (Å²) in [5.41, 5.74) is 2.87. The van der Waals surface area contributed by atoms with E-state index < -0.39 is 0 Å². The third-order valence-corrected chi connectivity index (χ3v) is 5.71. The van der Waals surface area contributed by atoms with E-state index in [1.165, 1.54) is 6.08 Å². The molecule has 0 fully saturated rings. The molecule has 5 aromatic rings. The first kappa shape index (κ1) is 24.6. The molecule has 0 radical (unpaired) electrons. The van der Waals surface area contributed by atoms with Crippen molar-refractivity contribution >= 4 is 22.6 Å². The summed E-state index contributed by atoms with van der Waals surface area (Å²) in [5, 5.41) is 2.73. The van der Waals surface area contributed by atoms with Gasteiger partial charge in [-0.2, -0.15) is 0 Å². The zero-order valence-corrected chi connectivity index (χ0v) is 21.0. The fourth-order valence-electron chi connectivity index (χ4n) is 4.14. The molecular formula is C30H26N4O4. The third-order valence-electron chi connectivity index (χ3n) is 5.71. The van der Waals surface area contributed by atoms with Gasteiger partial charge in [-0.15, -0.1) is 0 Å². The molecule has 38 heavy (non-hydrogen) atoms. The smallest absolute Gasteiger partial charge is 0.338 e. The fourth-order valence-corrected chi connectivity index (χ4v) is 4.14. The van der Waals surface area contributed by atoms with E-state index in [-0.39, 0.29) is 17.7 Å². The minimum absolute atomic E-state index is 0.0628. The highest BCUT2D eigenvalue weighted by Gasteiger charge is 2.17. The van der Waals surface area contributed by atoms with Crippen molar-refractivity contribution in [3.05, 3.63) is 114 Å². The van der Waals surface area contributed by atoms with Crippen LogP contribution in [-0.2, 0) is 4.79 Å². The van der Waals surface area contributed by atoms with Crippen molar-refractivity contribution in [1.82, 2.24) is 14.1 Å². The maximum absolute atomic E-state index is 13.7. The molecule has 3 aromatic carbocycles. The van der Waals surface area contributed by atoms with Gasteiger partial charge >= 0.3 is 5.69 Å². The van der Waals surface area contributed by atoms with E-state index in [1.807, 2.05) is 68.4 Å². The third kappa shape index (κ3) is 5.05. The van der Waals surface area contributed by atoms with Crippen molar-refractivity contribution in [1.29, 1.82) is 0 Å². The molecule has 1 amide bonds. The first-order valence-corrected chi connectivity index (χ1v) is 12.1. The molecule has 0 atom stereocenters. The molecule has 5 rings (SSSR count). The zero-order chi connectivity index (χ0) is 26.6. The van der Waals surface area contributed by atoms with Gasteiger partial charge in [0, 0.05) is 18.0 Å². The Morgan fingerprint density at radius 3 is 2.39 bits per heavy atom. The summed E-state index contributed by atoms with van der Waals surface area (Å²) in [4.78, 5) is 29.7. The van der Waals surface area contributed by atoms with Crippen LogP contribution in [0.25, 0.3) is 22.4 Å². The molecule has 2 aromatic heterocycles. The number of fused-ring (bicyclic) bond motifs is 1. The van der Waals surface area contributed by atoms with E-state index in [1.54, 1.807) is 45.8 Å². The van der Waals surface area contributed by atoms with E-state index in [2.05, 4.69) is 16.9 Å². The molecule has 8 heteroatoms. The molecule has 190 valence electrons. The molecular weight excluding hydrogens is 480 g/mol. The van der Waals surface area contributed by atoms with Crippen molar-refractivity contribution in [3.8, 4) is 28.6 Å². The summed E-state index contributed by atoms with van der Waals surface area (Å²) >= 11 is 0. The van der Waals surface area contributed by atoms with E-state index in [0.29, 0.717) is 39.6 Å². The van der Waals surface area contributed by atoms with Gasteiger partial charge in [0.25, 0.3) is 0 Å². The zero-order valence-electron chi connectivity index (χ0n) is 21.0. The molecule has 0 saturated carbocycles. The van der Waals surface area contributed by atoms with Crippen LogP contribution in [0.15, 0.2) is 109 Å². The Bertz CT molecular complexity index is 1680. The number of aromatic nitrogens is 3. The summed E-state index contributed by atoms with van der Waals surface area (Å²) in [6.45, 7) is 7.42. The number of anilines is 1. The van der Waals surface area contributed by atoms with E-state index >= 15 is 0 Å². The number of benzene rings is 3. The molecule has 0 unspecified atom stereocenters. The van der Waals surface area contributed by atoms with Crippen molar-refractivity contribution in [3.63, 3.8) is 0 Å². The van der Waals surface area contributed by atoms with E-state index in [0.717, 1.165) is 5.75 Å². The van der Waals surface area contributed by atoms with Crippen LogP contribution in [0, 0.1) is 0 Å². The number of carbonyl (C=O) groups is 1. The Morgan fingerprint density at radius 1 is 0.895 bits per heavy atom. The number of carbonyl (C=O) groups excluding carboxylic acids is 1. The summed E-state index contributed by atoms with van der Waals surface area (Å²) in [7, 11) is 0. The summed E-state index contributed by atoms with van der Waals surface area (Å²) in [6.07, 6.45) is 4.55. The van der Waals surface area contributed by atoms with Gasteiger partial charge in [0.15, 0.2) is 0 Å². The largest absolute Gasteiger partial charge is 0.491 e. The van der Waals surface area contributed by atoms with Gasteiger partial charge in [-0.05, 0) is 80.6 Å². The lowest BCUT2D eigenvalue weighted by Gasteiger charge is -2.12. The Hall–Kier alpha value is -5.11. The van der Waals surface area contributed by atoms with E-state index in [9.17, 15) is 9.59 Å². The van der Waals surface area contributed by atoms with Gasteiger partial charge in [0.1, 0.15) is 17.2 Å². The number of rotatable bonds is 8. The Kier molecular flexibility index (Phi) is 6.78. The Balaban J connectivity index is 1.50. The second-order valence-corrected chi connectivity index (χ2v) is 8.80. The van der Waals surface area contributed by atoms with Crippen LogP contribution in [0.3, 0.4) is 0 Å². The average Bonchev–Trinajstić information content (AvgIpc) is 3.20. The Morgan fingerprint density at radius 2 is 1.63 bits per heavy atom. The molecule has 0 spiro atoms. The number of pyridine rings is 1. The molecule has 0 bridgehead atoms. The van der Waals surface area contributed by atoms with Crippen molar-refractivity contribution in [2.75, 3.05) is 5.32 Å². The van der Waals surface area contributed by atoms with Gasteiger partial charge in [0.05, 0.1) is 34.7 Å². The number of amides is 1. The lowest BCUT2D eigenvalue weighted by Crippen LogP contribution is -2.22. The summed E-state index contributed by atoms with van der Waals surface area (Å²) in [5.74, 6) is 1.67. The summed E-state index contributed by atoms with van der Waals surface area (Å²) < 4.78 is 14.9. The van der Waals surface area contributed by atoms with Crippen LogP contribution in [-0.4, -0.2) is 26.1 Å². The predicted octanol–water partition coefficient (Wildman–Crippen LogP) is 5.88. The fraction of sp³-hybridized carbons (Fsp3) is 0.100. The number of nitrogens with one attached hydrogen (secondary N) is 1. The van der Waals surface area contributed by atoms with Crippen molar-refractivity contribution in [2.45, 2.75) is 20.0 Å². The van der Waals surface area contributed by atoms with E-state index in [4.69, 9.17) is 9.47 Å². The second kappa shape index (κ2) is 10.5. The topological polar surface area (TPSA) is 87.4 Å². The first-order chi connectivity index (χ1) is 18.4.